The second-order valence-corrected chi connectivity index (χ2v) is 5.51. The van der Waals surface area contributed by atoms with Crippen molar-refractivity contribution in [2.75, 3.05) is 12.8 Å². The van der Waals surface area contributed by atoms with Gasteiger partial charge in [-0.05, 0) is 6.92 Å². The molecule has 0 saturated carbocycles. The van der Waals surface area contributed by atoms with Gasteiger partial charge in [0.25, 0.3) is 0 Å². The van der Waals surface area contributed by atoms with Gasteiger partial charge in [-0.25, -0.2) is 4.79 Å². The minimum Gasteiger partial charge on any atom is -0.438 e. The van der Waals surface area contributed by atoms with Crippen molar-refractivity contribution in [2.24, 2.45) is 0 Å². The van der Waals surface area contributed by atoms with E-state index in [9.17, 15) is 4.79 Å². The number of hydrogen-bond donors (Lipinski definition) is 0. The standard InChI is InChI=1S/C6H14O3Si/c1-4-8-6(7)9-5-10(2)3/h10H,4-5H2,1-3H3. The van der Waals surface area contributed by atoms with Gasteiger partial charge in [-0.1, -0.05) is 13.1 Å². The van der Waals surface area contributed by atoms with Gasteiger partial charge in [0.2, 0.25) is 0 Å². The molecule has 0 rings (SSSR count). The Morgan fingerprint density at radius 2 is 2.00 bits per heavy atom. The highest BCUT2D eigenvalue weighted by molar-refractivity contribution is 6.55. The molecule has 0 spiro atoms. The summed E-state index contributed by atoms with van der Waals surface area (Å²) in [6, 6.07) is 0. The molecule has 0 radical (unpaired) electrons. The molecule has 0 N–H and O–H groups in total. The average molecular weight is 162 g/mol. The topological polar surface area (TPSA) is 35.5 Å². The zero-order chi connectivity index (χ0) is 7.98. The van der Waals surface area contributed by atoms with Gasteiger partial charge in [0.15, 0.2) is 0 Å². The molecule has 3 nitrogen and oxygen atoms in total. The first-order valence-electron chi connectivity index (χ1n) is 3.46. The highest BCUT2D eigenvalue weighted by Crippen LogP contribution is 1.87. The van der Waals surface area contributed by atoms with Crippen LogP contribution in [0, 0.1) is 0 Å². The van der Waals surface area contributed by atoms with Crippen molar-refractivity contribution in [3.63, 3.8) is 0 Å². The normalized spacial score (nSPS) is 9.60. The molecule has 4 heteroatoms. The van der Waals surface area contributed by atoms with E-state index in [0.29, 0.717) is 12.8 Å². The first kappa shape index (κ1) is 9.49. The quantitative estimate of drug-likeness (QED) is 0.462. The Morgan fingerprint density at radius 1 is 1.40 bits per heavy atom. The predicted molar refractivity (Wildman–Crippen MR) is 41.9 cm³/mol. The van der Waals surface area contributed by atoms with Gasteiger partial charge >= 0.3 is 6.16 Å². The van der Waals surface area contributed by atoms with Gasteiger partial charge in [-0.15, -0.1) is 0 Å². The fraction of sp³-hybridized carbons (Fsp3) is 0.833. The first-order valence-corrected chi connectivity index (χ1v) is 6.59. The summed E-state index contributed by atoms with van der Waals surface area (Å²) in [4.78, 5) is 10.5. The van der Waals surface area contributed by atoms with Crippen LogP contribution in [0.4, 0.5) is 4.79 Å². The largest absolute Gasteiger partial charge is 0.507 e. The third-order valence-corrected chi connectivity index (χ3v) is 1.63. The molecule has 10 heavy (non-hydrogen) atoms. The smallest absolute Gasteiger partial charge is 0.438 e. The van der Waals surface area contributed by atoms with Crippen LogP contribution in [0.2, 0.25) is 13.1 Å². The Kier molecular flexibility index (Phi) is 5.01. The van der Waals surface area contributed by atoms with Crippen LogP contribution in [-0.4, -0.2) is 27.8 Å². The maximum atomic E-state index is 10.5. The molecule has 0 amide bonds. The minimum atomic E-state index is -0.775. The van der Waals surface area contributed by atoms with Crippen molar-refractivity contribution in [3.8, 4) is 0 Å². The van der Waals surface area contributed by atoms with Crippen LogP contribution in [0.5, 0.6) is 0 Å². The Hall–Kier alpha value is -0.513. The molecule has 0 fully saturated rings. The van der Waals surface area contributed by atoms with Crippen LogP contribution in [0.3, 0.4) is 0 Å². The Labute approximate surface area is 62.9 Å². The van der Waals surface area contributed by atoms with E-state index in [1.54, 1.807) is 6.92 Å². The van der Waals surface area contributed by atoms with Crippen molar-refractivity contribution in [3.05, 3.63) is 0 Å². The lowest BCUT2D eigenvalue weighted by Crippen LogP contribution is -2.17. The predicted octanol–water partition coefficient (Wildman–Crippen LogP) is 1.19. The van der Waals surface area contributed by atoms with E-state index in [-0.39, 0.29) is 0 Å². The van der Waals surface area contributed by atoms with Gasteiger partial charge < -0.3 is 9.47 Å². The summed E-state index contributed by atoms with van der Waals surface area (Å²) in [6.07, 6.45) is 0.0300. The van der Waals surface area contributed by atoms with Crippen LogP contribution < -0.4 is 0 Å². The van der Waals surface area contributed by atoms with Gasteiger partial charge in [-0.2, -0.15) is 0 Å². The molecule has 0 aliphatic heterocycles. The fourth-order valence-corrected chi connectivity index (χ4v) is 0.864. The zero-order valence-electron chi connectivity index (χ0n) is 6.72. The molecule has 0 atom stereocenters. The lowest BCUT2D eigenvalue weighted by Gasteiger charge is -2.04. The second kappa shape index (κ2) is 5.29. The van der Waals surface area contributed by atoms with E-state index in [4.69, 9.17) is 4.74 Å². The molecule has 0 aliphatic rings. The minimum absolute atomic E-state index is 0.387. The van der Waals surface area contributed by atoms with E-state index >= 15 is 0 Å². The van der Waals surface area contributed by atoms with E-state index in [0.717, 1.165) is 0 Å². The van der Waals surface area contributed by atoms with Gasteiger partial charge in [0.1, 0.15) is 0 Å². The molecule has 0 bridgehead atoms. The van der Waals surface area contributed by atoms with E-state index in [1.807, 2.05) is 0 Å². The molecule has 0 aliphatic carbocycles. The Balaban J connectivity index is 3.22. The third kappa shape index (κ3) is 5.62. The molecule has 0 aromatic rings. The monoisotopic (exact) mass is 162 g/mol. The summed E-state index contributed by atoms with van der Waals surface area (Å²) < 4.78 is 9.30. The number of hydrogen-bond acceptors (Lipinski definition) is 3. The zero-order valence-corrected chi connectivity index (χ0v) is 7.87. The average Bonchev–Trinajstić information content (AvgIpc) is 1.85. The molecule has 60 valence electrons. The lowest BCUT2D eigenvalue weighted by atomic mass is 10.9. The molecule has 0 aromatic carbocycles. The Bertz CT molecular complexity index is 103. The molecule has 0 aromatic heterocycles. The van der Waals surface area contributed by atoms with E-state index in [1.165, 1.54) is 0 Å². The highest BCUT2D eigenvalue weighted by atomic mass is 28.3. The van der Waals surface area contributed by atoms with Crippen molar-refractivity contribution < 1.29 is 14.3 Å². The first-order chi connectivity index (χ1) is 4.66. The fourth-order valence-electron chi connectivity index (χ4n) is 0.394. The third-order valence-electron chi connectivity index (χ3n) is 0.797. The molecular weight excluding hydrogens is 148 g/mol. The van der Waals surface area contributed by atoms with E-state index in [2.05, 4.69) is 17.8 Å². The Morgan fingerprint density at radius 3 is 2.40 bits per heavy atom. The van der Waals surface area contributed by atoms with Crippen LogP contribution in [0.25, 0.3) is 0 Å². The number of carbonyl (C=O) groups excluding carboxylic acids is 1. The number of carbonyl (C=O) groups is 1. The van der Waals surface area contributed by atoms with Gasteiger partial charge in [0.05, 0.1) is 21.6 Å². The summed E-state index contributed by atoms with van der Waals surface area (Å²) in [5, 5.41) is 0. The summed E-state index contributed by atoms with van der Waals surface area (Å²) in [5.74, 6) is 0. The van der Waals surface area contributed by atoms with E-state index < -0.39 is 15.0 Å². The van der Waals surface area contributed by atoms with Crippen LogP contribution in [0.1, 0.15) is 6.92 Å². The van der Waals surface area contributed by atoms with Gasteiger partial charge in [0, 0.05) is 0 Å². The summed E-state index contributed by atoms with van der Waals surface area (Å²) in [7, 11) is -0.775. The second-order valence-electron chi connectivity index (χ2n) is 2.39. The maximum Gasteiger partial charge on any atom is 0.507 e. The van der Waals surface area contributed by atoms with Crippen molar-refractivity contribution in [1.82, 2.24) is 0 Å². The summed E-state index contributed by atoms with van der Waals surface area (Å²) in [5.41, 5.74) is 0. The maximum absolute atomic E-state index is 10.5. The number of ether oxygens (including phenoxy) is 2. The summed E-state index contributed by atoms with van der Waals surface area (Å²) >= 11 is 0. The van der Waals surface area contributed by atoms with Crippen molar-refractivity contribution in [2.45, 2.75) is 20.0 Å². The molecule has 0 unspecified atom stereocenters. The van der Waals surface area contributed by atoms with Crippen LogP contribution >= 0.6 is 0 Å². The van der Waals surface area contributed by atoms with Crippen molar-refractivity contribution >= 4 is 15.0 Å². The van der Waals surface area contributed by atoms with Crippen LogP contribution in [0.15, 0.2) is 0 Å². The highest BCUT2D eigenvalue weighted by Gasteiger charge is 2.03. The van der Waals surface area contributed by atoms with Crippen LogP contribution in [-0.2, 0) is 9.47 Å². The number of rotatable bonds is 3. The molecular formula is C6H14O3Si. The van der Waals surface area contributed by atoms with Crippen molar-refractivity contribution in [1.29, 1.82) is 0 Å². The summed E-state index contributed by atoms with van der Waals surface area (Å²) in [6.45, 7) is 6.37. The SMILES string of the molecule is CCOC(=O)OC[SiH](C)C. The van der Waals surface area contributed by atoms with Gasteiger partial charge in [-0.3, -0.25) is 0 Å². The molecule has 0 saturated heterocycles. The lowest BCUT2D eigenvalue weighted by molar-refractivity contribution is 0.0709. The molecule has 0 heterocycles.